The lowest BCUT2D eigenvalue weighted by Gasteiger charge is -2.13. The van der Waals surface area contributed by atoms with E-state index in [4.69, 9.17) is 9.47 Å². The van der Waals surface area contributed by atoms with Gasteiger partial charge < -0.3 is 14.8 Å². The standard InChI is InChI=1S/C25H23N3O4/c1-17-18(2)28(20-10-5-4-6-11-20)25(21(17)15-26)27-23(29)16-32-24(30)14-13-19-9-7-8-12-22(19)31-3/h4-14H,16H2,1-3H3,(H,27,29)/b14-13+. The molecule has 7 nitrogen and oxygen atoms in total. The fourth-order valence-electron chi connectivity index (χ4n) is 3.28. The van der Waals surface area contributed by atoms with Gasteiger partial charge in [0.1, 0.15) is 17.6 Å². The zero-order valence-electron chi connectivity index (χ0n) is 18.1. The number of benzene rings is 2. The lowest BCUT2D eigenvalue weighted by atomic mass is 10.2. The minimum atomic E-state index is -0.669. The Bertz CT molecular complexity index is 1200. The molecule has 1 heterocycles. The van der Waals surface area contributed by atoms with Crippen LogP contribution in [0.25, 0.3) is 11.8 Å². The predicted molar refractivity (Wildman–Crippen MR) is 122 cm³/mol. The molecule has 0 spiro atoms. The van der Waals surface area contributed by atoms with Gasteiger partial charge in [0.05, 0.1) is 12.7 Å². The second kappa shape index (κ2) is 10.1. The highest BCUT2D eigenvalue weighted by Crippen LogP contribution is 2.29. The molecule has 1 aromatic heterocycles. The van der Waals surface area contributed by atoms with Gasteiger partial charge in [-0.3, -0.25) is 9.36 Å². The topological polar surface area (TPSA) is 93.3 Å². The van der Waals surface area contributed by atoms with Crippen LogP contribution < -0.4 is 10.1 Å². The lowest BCUT2D eigenvalue weighted by Crippen LogP contribution is -2.22. The normalized spacial score (nSPS) is 10.6. The van der Waals surface area contributed by atoms with Crippen LogP contribution in [-0.2, 0) is 14.3 Å². The highest BCUT2D eigenvalue weighted by Gasteiger charge is 2.21. The molecule has 0 aliphatic heterocycles. The number of hydrogen-bond acceptors (Lipinski definition) is 5. The van der Waals surface area contributed by atoms with Crippen LogP contribution in [0.3, 0.4) is 0 Å². The number of rotatable bonds is 7. The molecule has 0 radical (unpaired) electrons. The van der Waals surface area contributed by atoms with Gasteiger partial charge in [-0.25, -0.2) is 4.79 Å². The van der Waals surface area contributed by atoms with Crippen LogP contribution >= 0.6 is 0 Å². The number of nitrogens with zero attached hydrogens (tertiary/aromatic N) is 2. The van der Waals surface area contributed by atoms with Crippen LogP contribution in [-0.4, -0.2) is 30.2 Å². The Morgan fingerprint density at radius 1 is 1.09 bits per heavy atom. The maximum atomic E-state index is 12.5. The van der Waals surface area contributed by atoms with E-state index in [1.807, 2.05) is 56.3 Å². The highest BCUT2D eigenvalue weighted by atomic mass is 16.5. The first-order valence-corrected chi connectivity index (χ1v) is 9.91. The molecule has 0 aliphatic carbocycles. The minimum Gasteiger partial charge on any atom is -0.496 e. The van der Waals surface area contributed by atoms with Crippen molar-refractivity contribution in [3.05, 3.63) is 83.1 Å². The summed E-state index contributed by atoms with van der Waals surface area (Å²) in [4.78, 5) is 24.6. The third kappa shape index (κ3) is 4.87. The molecule has 0 saturated heterocycles. The van der Waals surface area contributed by atoms with Gasteiger partial charge in [0.15, 0.2) is 6.61 Å². The van der Waals surface area contributed by atoms with Crippen molar-refractivity contribution in [2.24, 2.45) is 0 Å². The number of carbonyl (C=O) groups is 2. The molecule has 7 heteroatoms. The number of nitriles is 1. The average molecular weight is 429 g/mol. The predicted octanol–water partition coefficient (Wildman–Crippen LogP) is 4.17. The maximum absolute atomic E-state index is 12.5. The van der Waals surface area contributed by atoms with Crippen molar-refractivity contribution in [3.63, 3.8) is 0 Å². The van der Waals surface area contributed by atoms with Crippen LogP contribution in [0.2, 0.25) is 0 Å². The first kappa shape index (κ1) is 22.4. The third-order valence-corrected chi connectivity index (χ3v) is 4.98. The molecule has 0 bridgehead atoms. The van der Waals surface area contributed by atoms with E-state index in [0.29, 0.717) is 22.7 Å². The van der Waals surface area contributed by atoms with Crippen LogP contribution in [0.15, 0.2) is 60.7 Å². The summed E-state index contributed by atoms with van der Waals surface area (Å²) in [6, 6.07) is 18.7. The molecule has 162 valence electrons. The summed E-state index contributed by atoms with van der Waals surface area (Å²) in [6.45, 7) is 3.21. The monoisotopic (exact) mass is 429 g/mol. The van der Waals surface area contributed by atoms with Gasteiger partial charge in [-0.2, -0.15) is 5.26 Å². The summed E-state index contributed by atoms with van der Waals surface area (Å²) >= 11 is 0. The third-order valence-electron chi connectivity index (χ3n) is 4.98. The second-order valence-corrected chi connectivity index (χ2v) is 6.95. The summed E-state index contributed by atoms with van der Waals surface area (Å²) in [5, 5.41) is 12.3. The number of aromatic nitrogens is 1. The Balaban J connectivity index is 1.71. The Hall–Kier alpha value is -4.31. The molecule has 3 rings (SSSR count). The van der Waals surface area contributed by atoms with Crippen molar-refractivity contribution in [2.45, 2.75) is 13.8 Å². The molecule has 2 aromatic carbocycles. The summed E-state index contributed by atoms with van der Waals surface area (Å²) in [7, 11) is 1.54. The first-order chi connectivity index (χ1) is 15.5. The largest absolute Gasteiger partial charge is 0.496 e. The number of ether oxygens (including phenoxy) is 2. The fraction of sp³-hybridized carbons (Fsp3) is 0.160. The molecular formula is C25H23N3O4. The van der Waals surface area contributed by atoms with E-state index in [2.05, 4.69) is 11.4 Å². The van der Waals surface area contributed by atoms with Gasteiger partial charge in [-0.15, -0.1) is 0 Å². The number of nitrogens with one attached hydrogen (secondary N) is 1. The molecule has 1 N–H and O–H groups in total. The van der Waals surface area contributed by atoms with Crippen molar-refractivity contribution in [2.75, 3.05) is 19.0 Å². The number of anilines is 1. The van der Waals surface area contributed by atoms with E-state index in [-0.39, 0.29) is 0 Å². The van der Waals surface area contributed by atoms with E-state index >= 15 is 0 Å². The second-order valence-electron chi connectivity index (χ2n) is 6.95. The van der Waals surface area contributed by atoms with Gasteiger partial charge in [-0.1, -0.05) is 36.4 Å². The van der Waals surface area contributed by atoms with E-state index in [0.717, 1.165) is 16.9 Å². The van der Waals surface area contributed by atoms with E-state index < -0.39 is 18.5 Å². The van der Waals surface area contributed by atoms with E-state index in [1.54, 1.807) is 29.9 Å². The molecule has 0 unspecified atom stereocenters. The Kier molecular flexibility index (Phi) is 7.09. The van der Waals surface area contributed by atoms with Crippen molar-refractivity contribution in [1.29, 1.82) is 5.26 Å². The molecule has 32 heavy (non-hydrogen) atoms. The van der Waals surface area contributed by atoms with Crippen molar-refractivity contribution < 1.29 is 19.1 Å². The zero-order chi connectivity index (χ0) is 23.1. The molecule has 0 saturated carbocycles. The van der Waals surface area contributed by atoms with Gasteiger partial charge in [0, 0.05) is 23.0 Å². The van der Waals surface area contributed by atoms with Crippen LogP contribution in [0.4, 0.5) is 5.82 Å². The molecule has 0 atom stereocenters. The van der Waals surface area contributed by atoms with Gasteiger partial charge in [-0.05, 0) is 43.7 Å². The minimum absolute atomic E-state index is 0.347. The smallest absolute Gasteiger partial charge is 0.331 e. The van der Waals surface area contributed by atoms with Crippen LogP contribution in [0.5, 0.6) is 5.75 Å². The number of amides is 1. The number of carbonyl (C=O) groups excluding carboxylic acids is 2. The average Bonchev–Trinajstić information content (AvgIpc) is 3.05. The molecule has 0 fully saturated rings. The van der Waals surface area contributed by atoms with Crippen molar-refractivity contribution in [3.8, 4) is 17.5 Å². The quantitative estimate of drug-likeness (QED) is 0.449. The van der Waals surface area contributed by atoms with Crippen LogP contribution in [0.1, 0.15) is 22.4 Å². The number of esters is 1. The van der Waals surface area contributed by atoms with Gasteiger partial charge in [0.25, 0.3) is 5.91 Å². The van der Waals surface area contributed by atoms with Gasteiger partial charge in [0.2, 0.25) is 0 Å². The maximum Gasteiger partial charge on any atom is 0.331 e. The van der Waals surface area contributed by atoms with Crippen molar-refractivity contribution in [1.82, 2.24) is 4.57 Å². The summed E-state index contributed by atoms with van der Waals surface area (Å²) < 4.78 is 12.1. The summed E-state index contributed by atoms with van der Waals surface area (Å²) in [5.41, 5.74) is 3.48. The molecular weight excluding hydrogens is 406 g/mol. The molecule has 3 aromatic rings. The van der Waals surface area contributed by atoms with Crippen LogP contribution in [0, 0.1) is 25.2 Å². The fourth-order valence-corrected chi connectivity index (χ4v) is 3.28. The Morgan fingerprint density at radius 3 is 2.47 bits per heavy atom. The number of hydrogen-bond donors (Lipinski definition) is 1. The Labute approximate surface area is 186 Å². The SMILES string of the molecule is COc1ccccc1/C=C/C(=O)OCC(=O)Nc1c(C#N)c(C)c(C)n1-c1ccccc1. The molecule has 0 aliphatic rings. The summed E-state index contributed by atoms with van der Waals surface area (Å²) in [6.07, 6.45) is 2.78. The number of methoxy groups -OCH3 is 1. The zero-order valence-corrected chi connectivity index (χ0v) is 18.1. The first-order valence-electron chi connectivity index (χ1n) is 9.91. The Morgan fingerprint density at radius 2 is 1.78 bits per heavy atom. The molecule has 1 amide bonds. The van der Waals surface area contributed by atoms with E-state index in [1.165, 1.54) is 6.08 Å². The number of para-hydroxylation sites is 2. The van der Waals surface area contributed by atoms with Gasteiger partial charge >= 0.3 is 5.97 Å². The summed E-state index contributed by atoms with van der Waals surface area (Å²) in [5.74, 6) is -0.252. The van der Waals surface area contributed by atoms with Crippen molar-refractivity contribution >= 4 is 23.8 Å². The highest BCUT2D eigenvalue weighted by molar-refractivity contribution is 5.95. The lowest BCUT2D eigenvalue weighted by molar-refractivity contribution is -0.142. The van der Waals surface area contributed by atoms with E-state index in [9.17, 15) is 14.9 Å².